The Hall–Kier alpha value is -3.09. The van der Waals surface area contributed by atoms with Crippen molar-refractivity contribution in [1.29, 1.82) is 5.26 Å². The van der Waals surface area contributed by atoms with Crippen molar-refractivity contribution >= 4 is 21.6 Å². The lowest BCUT2D eigenvalue weighted by Crippen LogP contribution is -2.30. The van der Waals surface area contributed by atoms with Gasteiger partial charge in [0.1, 0.15) is 16.4 Å². The van der Waals surface area contributed by atoms with Gasteiger partial charge < -0.3 is 14.8 Å². The van der Waals surface area contributed by atoms with Gasteiger partial charge in [0.05, 0.1) is 18.7 Å². The molecule has 0 aliphatic carbocycles. The van der Waals surface area contributed by atoms with E-state index in [1.54, 1.807) is 37.3 Å². The molecular weight excluding hydrogens is 382 g/mol. The molecule has 1 amide bonds. The molecule has 148 valence electrons. The van der Waals surface area contributed by atoms with Crippen LogP contribution in [0.1, 0.15) is 12.5 Å². The number of anilines is 1. The van der Waals surface area contributed by atoms with Crippen molar-refractivity contribution in [3.05, 3.63) is 48.0 Å². The third-order valence-electron chi connectivity index (χ3n) is 3.86. The van der Waals surface area contributed by atoms with Crippen molar-refractivity contribution in [2.75, 3.05) is 26.5 Å². The van der Waals surface area contributed by atoms with Gasteiger partial charge >= 0.3 is 0 Å². The van der Waals surface area contributed by atoms with E-state index in [-0.39, 0.29) is 10.6 Å². The van der Waals surface area contributed by atoms with Crippen LogP contribution in [0.5, 0.6) is 11.5 Å². The number of hydrogen-bond acceptors (Lipinski definition) is 6. The first-order chi connectivity index (χ1) is 13.2. The van der Waals surface area contributed by atoms with Crippen molar-refractivity contribution in [3.8, 4) is 17.6 Å². The summed E-state index contributed by atoms with van der Waals surface area (Å²) >= 11 is 0. The molecule has 0 saturated heterocycles. The number of nitriles is 1. The topological polar surface area (TPSA) is 109 Å². The van der Waals surface area contributed by atoms with Crippen molar-refractivity contribution in [2.24, 2.45) is 0 Å². The summed E-state index contributed by atoms with van der Waals surface area (Å²) in [6.45, 7) is 1.56. The predicted octanol–water partition coefficient (Wildman–Crippen LogP) is 2.22. The average Bonchev–Trinajstić information content (AvgIpc) is 2.68. The third kappa shape index (κ3) is 4.79. The second-order valence-electron chi connectivity index (χ2n) is 6.04. The zero-order chi connectivity index (χ0) is 20.9. The van der Waals surface area contributed by atoms with Crippen molar-refractivity contribution in [2.45, 2.75) is 17.9 Å². The summed E-state index contributed by atoms with van der Waals surface area (Å²) in [6.07, 6.45) is -0.844. The fourth-order valence-corrected chi connectivity index (χ4v) is 3.34. The highest BCUT2D eigenvalue weighted by atomic mass is 32.2. The lowest BCUT2D eigenvalue weighted by molar-refractivity contribution is -0.122. The number of methoxy groups -OCH3 is 1. The summed E-state index contributed by atoms with van der Waals surface area (Å²) in [5.74, 6) is 0.156. The molecule has 0 heterocycles. The Labute approximate surface area is 164 Å². The van der Waals surface area contributed by atoms with Crippen LogP contribution in [0.15, 0.2) is 47.4 Å². The molecule has 0 fully saturated rings. The molecule has 8 nitrogen and oxygen atoms in total. The van der Waals surface area contributed by atoms with Gasteiger partial charge in [0.2, 0.25) is 10.0 Å². The molecule has 28 heavy (non-hydrogen) atoms. The van der Waals surface area contributed by atoms with E-state index in [0.29, 0.717) is 17.0 Å². The van der Waals surface area contributed by atoms with Crippen LogP contribution in [0, 0.1) is 11.3 Å². The predicted molar refractivity (Wildman–Crippen MR) is 104 cm³/mol. The third-order valence-corrected chi connectivity index (χ3v) is 5.69. The number of nitrogens with one attached hydrogen (secondary N) is 1. The molecule has 2 aromatic carbocycles. The molecule has 0 aromatic heterocycles. The Kier molecular flexibility index (Phi) is 6.62. The molecule has 1 N–H and O–H groups in total. The molecule has 0 aliphatic heterocycles. The molecule has 0 aliphatic rings. The van der Waals surface area contributed by atoms with Crippen LogP contribution in [-0.2, 0) is 14.8 Å². The zero-order valence-corrected chi connectivity index (χ0v) is 16.8. The highest BCUT2D eigenvalue weighted by Crippen LogP contribution is 2.29. The monoisotopic (exact) mass is 403 g/mol. The highest BCUT2D eigenvalue weighted by Gasteiger charge is 2.23. The van der Waals surface area contributed by atoms with Gasteiger partial charge in [-0.1, -0.05) is 0 Å². The van der Waals surface area contributed by atoms with Crippen molar-refractivity contribution < 1.29 is 22.7 Å². The maximum atomic E-state index is 12.5. The van der Waals surface area contributed by atoms with Crippen LogP contribution in [0.25, 0.3) is 0 Å². The van der Waals surface area contributed by atoms with Crippen LogP contribution in [0.2, 0.25) is 0 Å². The molecule has 9 heteroatoms. The maximum absolute atomic E-state index is 12.5. The van der Waals surface area contributed by atoms with Crippen LogP contribution < -0.4 is 14.8 Å². The minimum Gasteiger partial charge on any atom is -0.495 e. The molecule has 0 unspecified atom stereocenters. The molecule has 2 rings (SSSR count). The highest BCUT2D eigenvalue weighted by molar-refractivity contribution is 7.89. The summed E-state index contributed by atoms with van der Waals surface area (Å²) in [6, 6.07) is 12.7. The van der Waals surface area contributed by atoms with Crippen molar-refractivity contribution in [3.63, 3.8) is 0 Å². The number of carbonyl (C=O) groups excluding carboxylic acids is 1. The van der Waals surface area contributed by atoms with Crippen LogP contribution in [0.3, 0.4) is 0 Å². The first-order valence-electron chi connectivity index (χ1n) is 8.27. The smallest absolute Gasteiger partial charge is 0.265 e. The average molecular weight is 403 g/mol. The maximum Gasteiger partial charge on any atom is 0.265 e. The molecule has 0 saturated carbocycles. The van der Waals surface area contributed by atoms with Gasteiger partial charge in [0, 0.05) is 19.8 Å². The molecular formula is C19H21N3O5S. The molecule has 0 radical (unpaired) electrons. The second-order valence-corrected chi connectivity index (χ2v) is 8.16. The quantitative estimate of drug-likeness (QED) is 0.759. The first kappa shape index (κ1) is 21.2. The van der Waals surface area contributed by atoms with Crippen LogP contribution in [-0.4, -0.2) is 45.9 Å². The lowest BCUT2D eigenvalue weighted by atomic mass is 10.2. The summed E-state index contributed by atoms with van der Waals surface area (Å²) in [4.78, 5) is 12.4. The zero-order valence-electron chi connectivity index (χ0n) is 16.0. The number of nitrogens with zero attached hydrogens (tertiary/aromatic N) is 2. The van der Waals surface area contributed by atoms with Gasteiger partial charge in [-0.3, -0.25) is 4.79 Å². The number of carbonyl (C=O) groups is 1. The van der Waals surface area contributed by atoms with Crippen LogP contribution >= 0.6 is 0 Å². The SMILES string of the molecule is COc1ccc(NC(=O)[C@@H](C)Oc2ccc(C#N)cc2)cc1S(=O)(=O)N(C)C. The minimum absolute atomic E-state index is 0.0570. The number of amides is 1. The summed E-state index contributed by atoms with van der Waals surface area (Å²) in [5.41, 5.74) is 0.777. The molecule has 0 spiro atoms. The standard InChI is InChI=1S/C19H21N3O5S/c1-13(27-16-8-5-14(12-20)6-9-16)19(23)21-15-7-10-17(26-4)18(11-15)28(24,25)22(2)3/h5-11,13H,1-4H3,(H,21,23)/t13-/m1/s1. The van der Waals surface area contributed by atoms with Gasteiger partial charge in [-0.05, 0) is 49.4 Å². The molecule has 2 aromatic rings. The van der Waals surface area contributed by atoms with E-state index in [1.807, 2.05) is 6.07 Å². The Morgan fingerprint density at radius 3 is 2.36 bits per heavy atom. The normalized spacial score (nSPS) is 12.1. The number of benzene rings is 2. The largest absolute Gasteiger partial charge is 0.495 e. The van der Waals surface area contributed by atoms with E-state index in [1.165, 1.54) is 33.3 Å². The molecule has 1 atom stereocenters. The Morgan fingerprint density at radius 1 is 1.18 bits per heavy atom. The van der Waals surface area contributed by atoms with Crippen LogP contribution in [0.4, 0.5) is 5.69 Å². The minimum atomic E-state index is -3.75. The first-order valence-corrected chi connectivity index (χ1v) is 9.71. The van der Waals surface area contributed by atoms with Gasteiger partial charge in [-0.15, -0.1) is 0 Å². The van der Waals surface area contributed by atoms with E-state index in [2.05, 4.69) is 5.32 Å². The van der Waals surface area contributed by atoms with E-state index in [4.69, 9.17) is 14.7 Å². The van der Waals surface area contributed by atoms with Gasteiger partial charge in [-0.2, -0.15) is 5.26 Å². The number of hydrogen-bond donors (Lipinski definition) is 1. The summed E-state index contributed by atoms with van der Waals surface area (Å²) < 4.78 is 36.7. The van der Waals surface area contributed by atoms with E-state index >= 15 is 0 Å². The van der Waals surface area contributed by atoms with Gasteiger partial charge in [0.25, 0.3) is 5.91 Å². The number of sulfonamides is 1. The Balaban J connectivity index is 2.17. The van der Waals surface area contributed by atoms with Gasteiger partial charge in [0.15, 0.2) is 6.10 Å². The fourth-order valence-electron chi connectivity index (χ4n) is 2.26. The van der Waals surface area contributed by atoms with E-state index in [9.17, 15) is 13.2 Å². The lowest BCUT2D eigenvalue weighted by Gasteiger charge is -2.17. The number of ether oxygens (including phenoxy) is 2. The fraction of sp³-hybridized carbons (Fsp3) is 0.263. The van der Waals surface area contributed by atoms with Gasteiger partial charge in [-0.25, -0.2) is 12.7 Å². The Bertz CT molecular complexity index is 995. The second kappa shape index (κ2) is 8.73. The molecule has 0 bridgehead atoms. The van der Waals surface area contributed by atoms with E-state index < -0.39 is 22.0 Å². The number of rotatable bonds is 7. The summed E-state index contributed by atoms with van der Waals surface area (Å²) in [5, 5.41) is 11.4. The van der Waals surface area contributed by atoms with Crippen molar-refractivity contribution in [1.82, 2.24) is 4.31 Å². The van der Waals surface area contributed by atoms with E-state index in [0.717, 1.165) is 4.31 Å². The Morgan fingerprint density at radius 2 is 1.82 bits per heavy atom. The summed E-state index contributed by atoms with van der Waals surface area (Å²) in [7, 11) is 0.437.